The Labute approximate surface area is 163 Å². The Morgan fingerprint density at radius 2 is 1.89 bits per heavy atom. The van der Waals surface area contributed by atoms with E-state index in [0.717, 1.165) is 45.1 Å². The van der Waals surface area contributed by atoms with Crippen molar-refractivity contribution in [2.45, 2.75) is 0 Å². The van der Waals surface area contributed by atoms with Crippen LogP contribution in [0.25, 0.3) is 0 Å². The summed E-state index contributed by atoms with van der Waals surface area (Å²) in [4.78, 5) is 30.4. The van der Waals surface area contributed by atoms with Crippen LogP contribution < -0.4 is 10.6 Å². The number of pyridine rings is 1. The molecular weight excluding hydrogens is 360 g/mol. The largest absolute Gasteiger partial charge is 0.465 e. The van der Waals surface area contributed by atoms with Crippen molar-refractivity contribution >= 4 is 23.3 Å². The zero-order chi connectivity index (χ0) is 19.8. The van der Waals surface area contributed by atoms with E-state index in [9.17, 15) is 9.59 Å². The van der Waals surface area contributed by atoms with Gasteiger partial charge in [0, 0.05) is 43.8 Å². The molecule has 148 valence electrons. The van der Waals surface area contributed by atoms with Crippen LogP contribution in [0.3, 0.4) is 0 Å². The minimum Gasteiger partial charge on any atom is -0.465 e. The highest BCUT2D eigenvalue weighted by molar-refractivity contribution is 6.03. The molecule has 0 aliphatic carbocycles. The third kappa shape index (κ3) is 5.51. The molecule has 0 atom stereocenters. The van der Waals surface area contributed by atoms with E-state index in [1.54, 1.807) is 36.5 Å². The molecule has 0 saturated carbocycles. The number of carbonyl (C=O) groups is 2. The van der Waals surface area contributed by atoms with Crippen molar-refractivity contribution in [2.75, 3.05) is 57.1 Å². The van der Waals surface area contributed by atoms with E-state index in [1.807, 2.05) is 6.07 Å². The molecule has 2 heterocycles. The first-order chi connectivity index (χ1) is 13.7. The number of carbonyl (C=O) groups excluding carboxylic acids is 2. The van der Waals surface area contributed by atoms with Crippen molar-refractivity contribution in [2.24, 2.45) is 0 Å². The molecule has 1 amide bonds. The van der Waals surface area contributed by atoms with Gasteiger partial charge in [-0.1, -0.05) is 0 Å². The molecule has 2 N–H and O–H groups in total. The monoisotopic (exact) mass is 384 g/mol. The molecule has 0 unspecified atom stereocenters. The molecule has 0 bridgehead atoms. The highest BCUT2D eigenvalue weighted by Crippen LogP contribution is 2.13. The van der Waals surface area contributed by atoms with Gasteiger partial charge in [-0.15, -0.1) is 0 Å². The van der Waals surface area contributed by atoms with Crippen LogP contribution in [0, 0.1) is 0 Å². The average molecular weight is 384 g/mol. The second-order valence-corrected chi connectivity index (χ2v) is 6.33. The van der Waals surface area contributed by atoms with Crippen LogP contribution in [0.15, 0.2) is 42.6 Å². The van der Waals surface area contributed by atoms with Crippen LogP contribution in [0.2, 0.25) is 0 Å². The Bertz CT molecular complexity index is 804. The number of esters is 1. The number of amides is 1. The van der Waals surface area contributed by atoms with Crippen LogP contribution in [0.5, 0.6) is 0 Å². The van der Waals surface area contributed by atoms with E-state index < -0.39 is 5.97 Å². The summed E-state index contributed by atoms with van der Waals surface area (Å²) in [6.45, 7) is 5.14. The Morgan fingerprint density at radius 1 is 1.14 bits per heavy atom. The number of methoxy groups -OCH3 is 1. The van der Waals surface area contributed by atoms with Crippen LogP contribution in [-0.2, 0) is 9.47 Å². The van der Waals surface area contributed by atoms with Gasteiger partial charge in [-0.2, -0.15) is 0 Å². The minimum absolute atomic E-state index is 0.313. The van der Waals surface area contributed by atoms with Crippen molar-refractivity contribution < 1.29 is 19.1 Å². The minimum atomic E-state index is -0.421. The van der Waals surface area contributed by atoms with Gasteiger partial charge in [0.2, 0.25) is 0 Å². The summed E-state index contributed by atoms with van der Waals surface area (Å²) in [7, 11) is 1.33. The van der Waals surface area contributed by atoms with Crippen LogP contribution >= 0.6 is 0 Å². The predicted octanol–water partition coefficient (Wildman–Crippen LogP) is 1.86. The second-order valence-electron chi connectivity index (χ2n) is 6.33. The number of anilines is 2. The third-order valence-corrected chi connectivity index (χ3v) is 4.42. The van der Waals surface area contributed by atoms with Gasteiger partial charge < -0.3 is 20.1 Å². The molecule has 0 spiro atoms. The summed E-state index contributed by atoms with van der Waals surface area (Å²) >= 11 is 0. The van der Waals surface area contributed by atoms with Gasteiger partial charge in [0.1, 0.15) is 5.69 Å². The topological polar surface area (TPSA) is 92.8 Å². The van der Waals surface area contributed by atoms with Gasteiger partial charge in [-0.25, -0.2) is 4.79 Å². The lowest BCUT2D eigenvalue weighted by atomic mass is 10.2. The van der Waals surface area contributed by atoms with E-state index in [2.05, 4.69) is 25.3 Å². The fourth-order valence-corrected chi connectivity index (χ4v) is 2.85. The van der Waals surface area contributed by atoms with E-state index in [-0.39, 0.29) is 5.91 Å². The molecule has 8 heteroatoms. The Balaban J connectivity index is 1.53. The Kier molecular flexibility index (Phi) is 6.94. The summed E-state index contributed by atoms with van der Waals surface area (Å²) in [6, 6.07) is 10.0. The van der Waals surface area contributed by atoms with Gasteiger partial charge in [0.25, 0.3) is 5.91 Å². The molecule has 0 radical (unpaired) electrons. The number of hydrogen-bond acceptors (Lipinski definition) is 7. The number of nitrogens with zero attached hydrogens (tertiary/aromatic N) is 2. The van der Waals surface area contributed by atoms with Gasteiger partial charge >= 0.3 is 5.97 Å². The lowest BCUT2D eigenvalue weighted by Gasteiger charge is -2.26. The zero-order valence-corrected chi connectivity index (χ0v) is 15.8. The number of ether oxygens (including phenoxy) is 2. The number of rotatable bonds is 7. The fraction of sp³-hybridized carbons (Fsp3) is 0.350. The number of aromatic nitrogens is 1. The predicted molar refractivity (Wildman–Crippen MR) is 106 cm³/mol. The molecule has 1 saturated heterocycles. The summed E-state index contributed by atoms with van der Waals surface area (Å²) in [5.74, 6) is -0.738. The number of morpholine rings is 1. The molecule has 1 aliphatic rings. The Hall–Kier alpha value is -2.97. The lowest BCUT2D eigenvalue weighted by molar-refractivity contribution is 0.0398. The van der Waals surface area contributed by atoms with Crippen LogP contribution in [0.1, 0.15) is 20.8 Å². The molecule has 1 aromatic heterocycles. The standard InChI is InChI=1S/C20H24N4O4/c1-27-20(26)15-2-4-16(5-3-15)23-19(25)18-14-17(6-7-22-18)21-8-9-24-10-12-28-13-11-24/h2-7,14H,8-13H2,1H3,(H,21,22)(H,23,25). The van der Waals surface area contributed by atoms with Gasteiger partial charge in [-0.05, 0) is 36.4 Å². The maximum atomic E-state index is 12.4. The molecule has 28 heavy (non-hydrogen) atoms. The van der Waals surface area contributed by atoms with Crippen molar-refractivity contribution in [3.63, 3.8) is 0 Å². The molecule has 1 fully saturated rings. The number of hydrogen-bond donors (Lipinski definition) is 2. The summed E-state index contributed by atoms with van der Waals surface area (Å²) in [6.07, 6.45) is 1.60. The zero-order valence-electron chi connectivity index (χ0n) is 15.8. The highest BCUT2D eigenvalue weighted by Gasteiger charge is 2.11. The first-order valence-corrected chi connectivity index (χ1v) is 9.15. The molecule has 1 aliphatic heterocycles. The Morgan fingerprint density at radius 3 is 2.61 bits per heavy atom. The summed E-state index contributed by atoms with van der Waals surface area (Å²) in [5, 5.41) is 6.10. The maximum absolute atomic E-state index is 12.4. The van der Waals surface area contributed by atoms with Gasteiger partial charge in [-0.3, -0.25) is 14.7 Å². The fourth-order valence-electron chi connectivity index (χ4n) is 2.85. The van der Waals surface area contributed by atoms with Crippen molar-refractivity contribution in [3.05, 3.63) is 53.9 Å². The van der Waals surface area contributed by atoms with Crippen molar-refractivity contribution in [1.29, 1.82) is 0 Å². The maximum Gasteiger partial charge on any atom is 0.337 e. The number of nitrogens with one attached hydrogen (secondary N) is 2. The van der Waals surface area contributed by atoms with Crippen molar-refractivity contribution in [3.8, 4) is 0 Å². The third-order valence-electron chi connectivity index (χ3n) is 4.42. The molecular formula is C20H24N4O4. The quantitative estimate of drug-likeness (QED) is 0.704. The van der Waals surface area contributed by atoms with E-state index >= 15 is 0 Å². The first kappa shape index (κ1) is 19.8. The molecule has 2 aromatic rings. The molecule has 1 aromatic carbocycles. The lowest BCUT2D eigenvalue weighted by Crippen LogP contribution is -2.39. The van der Waals surface area contributed by atoms with Gasteiger partial charge in [0.15, 0.2) is 0 Å². The summed E-state index contributed by atoms with van der Waals surface area (Å²) in [5.41, 5.74) is 2.15. The summed E-state index contributed by atoms with van der Waals surface area (Å²) < 4.78 is 10.00. The normalized spacial score (nSPS) is 14.3. The van der Waals surface area contributed by atoms with Crippen LogP contribution in [-0.4, -0.2) is 68.3 Å². The highest BCUT2D eigenvalue weighted by atomic mass is 16.5. The van der Waals surface area contributed by atoms with E-state index in [4.69, 9.17) is 4.74 Å². The second kappa shape index (κ2) is 9.82. The smallest absolute Gasteiger partial charge is 0.337 e. The SMILES string of the molecule is COC(=O)c1ccc(NC(=O)c2cc(NCCN3CCOCC3)ccn2)cc1. The average Bonchev–Trinajstić information content (AvgIpc) is 2.74. The number of benzene rings is 1. The van der Waals surface area contributed by atoms with Crippen molar-refractivity contribution in [1.82, 2.24) is 9.88 Å². The molecule has 3 rings (SSSR count). The van der Waals surface area contributed by atoms with E-state index in [0.29, 0.717) is 16.9 Å². The molecule has 8 nitrogen and oxygen atoms in total. The van der Waals surface area contributed by atoms with Crippen LogP contribution in [0.4, 0.5) is 11.4 Å². The first-order valence-electron chi connectivity index (χ1n) is 9.15. The van der Waals surface area contributed by atoms with Gasteiger partial charge in [0.05, 0.1) is 25.9 Å². The van der Waals surface area contributed by atoms with E-state index in [1.165, 1.54) is 7.11 Å².